The Morgan fingerprint density at radius 2 is 2.13 bits per heavy atom. The lowest BCUT2D eigenvalue weighted by Crippen LogP contribution is -2.43. The highest BCUT2D eigenvalue weighted by Gasteiger charge is 2.22. The molecule has 2 aromatic heterocycles. The van der Waals surface area contributed by atoms with Crippen molar-refractivity contribution in [3.63, 3.8) is 0 Å². The second kappa shape index (κ2) is 7.99. The summed E-state index contributed by atoms with van der Waals surface area (Å²) in [5, 5.41) is 4.98. The molecule has 3 heterocycles. The number of likely N-dealkylation sites (tertiary alicyclic amines) is 1. The number of hydrogen-bond donors (Lipinski definition) is 1. The van der Waals surface area contributed by atoms with E-state index in [9.17, 15) is 0 Å². The minimum atomic E-state index is 0.354. The number of aryl methyl sites for hydroxylation is 1. The molecule has 0 radical (unpaired) electrons. The molecule has 0 aliphatic carbocycles. The Hall–Kier alpha value is -1.30. The van der Waals surface area contributed by atoms with Gasteiger partial charge in [0.15, 0.2) is 0 Å². The van der Waals surface area contributed by atoms with Crippen LogP contribution >= 0.6 is 11.3 Å². The fourth-order valence-electron chi connectivity index (χ4n) is 3.09. The van der Waals surface area contributed by atoms with Gasteiger partial charge in [-0.3, -0.25) is 9.88 Å². The molecule has 1 fully saturated rings. The summed E-state index contributed by atoms with van der Waals surface area (Å²) in [6, 6.07) is 7.10. The van der Waals surface area contributed by atoms with Crippen LogP contribution in [-0.2, 0) is 13.0 Å². The van der Waals surface area contributed by atoms with Crippen molar-refractivity contribution in [3.8, 4) is 0 Å². The van der Waals surface area contributed by atoms with Crippen LogP contribution < -0.4 is 5.32 Å². The lowest BCUT2D eigenvalue weighted by atomic mass is 10.0. The Morgan fingerprint density at radius 1 is 1.30 bits per heavy atom. The van der Waals surface area contributed by atoms with Crippen molar-refractivity contribution in [3.05, 3.63) is 46.2 Å². The van der Waals surface area contributed by atoms with Gasteiger partial charge in [-0.1, -0.05) is 13.0 Å². The van der Waals surface area contributed by atoms with Gasteiger partial charge in [0, 0.05) is 42.9 Å². The maximum absolute atomic E-state index is 4.56. The third-order valence-electron chi connectivity index (χ3n) is 4.48. The minimum absolute atomic E-state index is 0.354. The average Bonchev–Trinajstić information content (AvgIpc) is 3.07. The number of rotatable bonds is 6. The zero-order chi connectivity index (χ0) is 16.1. The lowest BCUT2D eigenvalue weighted by Gasteiger charge is -2.33. The van der Waals surface area contributed by atoms with Crippen LogP contribution in [0.2, 0.25) is 0 Å². The maximum Gasteiger partial charge on any atom is 0.109 e. The van der Waals surface area contributed by atoms with Crippen molar-refractivity contribution in [2.45, 2.75) is 51.7 Å². The van der Waals surface area contributed by atoms with E-state index in [1.54, 1.807) is 0 Å². The molecule has 3 rings (SSSR count). The predicted molar refractivity (Wildman–Crippen MR) is 95.6 cm³/mol. The second-order valence-corrected chi connectivity index (χ2v) is 7.42. The standard InChI is InChI=1S/C18H26N4S/c1-3-17-12-20-18(23-17)14(2)21-15-7-10-22(11-8-15)13-16-6-4-5-9-19-16/h4-6,9,12,14-15,21H,3,7-8,10-11,13H2,1-2H3/t14-/m0/s1. The molecule has 5 heteroatoms. The molecule has 1 atom stereocenters. The largest absolute Gasteiger partial charge is 0.305 e. The van der Waals surface area contributed by atoms with Gasteiger partial charge < -0.3 is 5.32 Å². The van der Waals surface area contributed by atoms with E-state index in [0.717, 1.165) is 26.1 Å². The molecule has 0 bridgehead atoms. The van der Waals surface area contributed by atoms with Crippen LogP contribution in [0, 0.1) is 0 Å². The van der Waals surface area contributed by atoms with Crippen LogP contribution in [0.1, 0.15) is 48.3 Å². The number of pyridine rings is 1. The lowest BCUT2D eigenvalue weighted by molar-refractivity contribution is 0.183. The monoisotopic (exact) mass is 330 g/mol. The third kappa shape index (κ3) is 4.59. The van der Waals surface area contributed by atoms with Crippen LogP contribution in [0.5, 0.6) is 0 Å². The molecule has 23 heavy (non-hydrogen) atoms. The first-order valence-corrected chi connectivity index (χ1v) is 9.39. The molecule has 0 aromatic carbocycles. The molecule has 0 unspecified atom stereocenters. The first-order chi connectivity index (χ1) is 11.2. The number of hydrogen-bond acceptors (Lipinski definition) is 5. The van der Waals surface area contributed by atoms with Crippen LogP contribution in [0.25, 0.3) is 0 Å². The van der Waals surface area contributed by atoms with Gasteiger partial charge in [-0.25, -0.2) is 4.98 Å². The van der Waals surface area contributed by atoms with E-state index in [-0.39, 0.29) is 0 Å². The smallest absolute Gasteiger partial charge is 0.109 e. The SMILES string of the molecule is CCc1cnc([C@H](C)NC2CCN(Cc3ccccn3)CC2)s1. The summed E-state index contributed by atoms with van der Waals surface area (Å²) in [6.07, 6.45) is 7.38. The Kier molecular flexibility index (Phi) is 5.75. The van der Waals surface area contributed by atoms with Gasteiger partial charge in [0.05, 0.1) is 11.7 Å². The van der Waals surface area contributed by atoms with Gasteiger partial charge >= 0.3 is 0 Å². The van der Waals surface area contributed by atoms with Gasteiger partial charge in [-0.05, 0) is 38.3 Å². The van der Waals surface area contributed by atoms with Crippen molar-refractivity contribution >= 4 is 11.3 Å². The molecule has 2 aromatic rings. The summed E-state index contributed by atoms with van der Waals surface area (Å²) in [5.74, 6) is 0. The van der Waals surface area contributed by atoms with Crippen molar-refractivity contribution in [1.29, 1.82) is 0 Å². The van der Waals surface area contributed by atoms with Crippen LogP contribution in [-0.4, -0.2) is 34.0 Å². The highest BCUT2D eigenvalue weighted by atomic mass is 32.1. The molecule has 0 spiro atoms. The zero-order valence-corrected chi connectivity index (χ0v) is 14.9. The van der Waals surface area contributed by atoms with Gasteiger partial charge in [0.2, 0.25) is 0 Å². The van der Waals surface area contributed by atoms with Crippen molar-refractivity contribution in [1.82, 2.24) is 20.2 Å². The van der Waals surface area contributed by atoms with Crippen molar-refractivity contribution in [2.75, 3.05) is 13.1 Å². The highest BCUT2D eigenvalue weighted by Crippen LogP contribution is 2.22. The minimum Gasteiger partial charge on any atom is -0.305 e. The topological polar surface area (TPSA) is 41.1 Å². The van der Waals surface area contributed by atoms with E-state index < -0.39 is 0 Å². The second-order valence-electron chi connectivity index (χ2n) is 6.28. The molecule has 1 saturated heterocycles. The molecule has 0 amide bonds. The fourth-order valence-corrected chi connectivity index (χ4v) is 3.96. The molecular weight excluding hydrogens is 304 g/mol. The number of aromatic nitrogens is 2. The Bertz CT molecular complexity index is 590. The highest BCUT2D eigenvalue weighted by molar-refractivity contribution is 7.11. The molecule has 1 aliphatic heterocycles. The zero-order valence-electron chi connectivity index (χ0n) is 14.0. The van der Waals surface area contributed by atoms with E-state index in [0.29, 0.717) is 12.1 Å². The maximum atomic E-state index is 4.56. The van der Waals surface area contributed by atoms with Gasteiger partial charge in [-0.2, -0.15) is 0 Å². The Balaban J connectivity index is 1.45. The van der Waals surface area contributed by atoms with E-state index in [1.807, 2.05) is 29.8 Å². The van der Waals surface area contributed by atoms with E-state index in [1.165, 1.54) is 28.4 Å². The first kappa shape index (κ1) is 16.6. The number of thiazole rings is 1. The van der Waals surface area contributed by atoms with E-state index in [4.69, 9.17) is 0 Å². The summed E-state index contributed by atoms with van der Waals surface area (Å²) in [5.41, 5.74) is 1.17. The van der Waals surface area contributed by atoms with Crippen LogP contribution in [0.15, 0.2) is 30.6 Å². The van der Waals surface area contributed by atoms with Crippen LogP contribution in [0.4, 0.5) is 0 Å². The van der Waals surface area contributed by atoms with Gasteiger partial charge in [-0.15, -0.1) is 11.3 Å². The molecular formula is C18H26N4S. The summed E-state index contributed by atoms with van der Waals surface area (Å²) in [6.45, 7) is 7.67. The molecule has 1 aliphatic rings. The first-order valence-electron chi connectivity index (χ1n) is 8.57. The van der Waals surface area contributed by atoms with Crippen molar-refractivity contribution in [2.24, 2.45) is 0 Å². The summed E-state index contributed by atoms with van der Waals surface area (Å²) in [4.78, 5) is 12.9. The number of nitrogens with one attached hydrogen (secondary N) is 1. The molecule has 124 valence electrons. The summed E-state index contributed by atoms with van der Waals surface area (Å²) in [7, 11) is 0. The molecule has 1 N–H and O–H groups in total. The average molecular weight is 331 g/mol. The Labute approximate surface area is 143 Å². The molecule has 0 saturated carbocycles. The predicted octanol–water partition coefficient (Wildman–Crippen LogP) is 3.42. The summed E-state index contributed by atoms with van der Waals surface area (Å²) < 4.78 is 0. The van der Waals surface area contributed by atoms with Gasteiger partial charge in [0.25, 0.3) is 0 Å². The quantitative estimate of drug-likeness (QED) is 0.881. The third-order valence-corrected chi connectivity index (χ3v) is 5.80. The van der Waals surface area contributed by atoms with E-state index >= 15 is 0 Å². The molecule has 4 nitrogen and oxygen atoms in total. The number of nitrogens with zero attached hydrogens (tertiary/aromatic N) is 3. The normalized spacial score (nSPS) is 18.2. The Morgan fingerprint density at radius 3 is 2.78 bits per heavy atom. The van der Waals surface area contributed by atoms with Gasteiger partial charge in [0.1, 0.15) is 5.01 Å². The number of piperidine rings is 1. The van der Waals surface area contributed by atoms with E-state index in [2.05, 4.69) is 46.2 Å². The summed E-state index contributed by atoms with van der Waals surface area (Å²) >= 11 is 1.84. The fraction of sp³-hybridized carbons (Fsp3) is 0.556. The van der Waals surface area contributed by atoms with Crippen LogP contribution in [0.3, 0.4) is 0 Å². The van der Waals surface area contributed by atoms with Crippen molar-refractivity contribution < 1.29 is 0 Å².